The molecular weight excluding hydrogens is 330 g/mol. The average Bonchev–Trinajstić information content (AvgIpc) is 2.91. The molecule has 0 radical (unpaired) electrons. The highest BCUT2D eigenvalue weighted by Crippen LogP contribution is 2.28. The lowest BCUT2D eigenvalue weighted by Gasteiger charge is -2.16. The fourth-order valence-electron chi connectivity index (χ4n) is 2.30. The number of benzene rings is 1. The lowest BCUT2D eigenvalue weighted by Crippen LogP contribution is -2.14. The van der Waals surface area contributed by atoms with Crippen molar-refractivity contribution in [2.24, 2.45) is 0 Å². The summed E-state index contributed by atoms with van der Waals surface area (Å²) in [5, 5.41) is 3.36. The number of aromatic nitrogens is 2. The quantitative estimate of drug-likeness (QED) is 0.827. The van der Waals surface area contributed by atoms with Crippen LogP contribution < -0.4 is 10.1 Å². The molecule has 0 amide bonds. The molecule has 1 aromatic carbocycles. The Morgan fingerprint density at radius 3 is 2.86 bits per heavy atom. The molecule has 0 spiro atoms. The minimum absolute atomic E-state index is 0.537. The summed E-state index contributed by atoms with van der Waals surface area (Å²) >= 11 is 3.55. The molecule has 5 heteroatoms. The summed E-state index contributed by atoms with van der Waals surface area (Å²) in [4.78, 5) is 4.18. The number of hydrogen-bond donors (Lipinski definition) is 1. The van der Waals surface area contributed by atoms with E-state index in [1.165, 1.54) is 5.56 Å². The lowest BCUT2D eigenvalue weighted by atomic mass is 10.1. The molecule has 0 atom stereocenters. The fraction of sp³-hybridized carbons (Fsp3) is 0.438. The van der Waals surface area contributed by atoms with Crippen LogP contribution in [0.25, 0.3) is 0 Å². The zero-order chi connectivity index (χ0) is 15.2. The number of aryl methyl sites for hydroxylation is 2. The van der Waals surface area contributed by atoms with Crippen molar-refractivity contribution in [1.29, 1.82) is 0 Å². The molecular formula is C16H22BrN3O. The first kappa shape index (κ1) is 16.0. The van der Waals surface area contributed by atoms with E-state index >= 15 is 0 Å². The summed E-state index contributed by atoms with van der Waals surface area (Å²) in [6.45, 7) is 9.47. The number of rotatable bonds is 7. The van der Waals surface area contributed by atoms with Crippen molar-refractivity contribution in [2.75, 3.05) is 6.54 Å². The van der Waals surface area contributed by atoms with E-state index < -0.39 is 0 Å². The Bertz CT molecular complexity index is 595. The van der Waals surface area contributed by atoms with E-state index in [-0.39, 0.29) is 0 Å². The van der Waals surface area contributed by atoms with Gasteiger partial charge in [0.1, 0.15) is 12.4 Å². The Kier molecular flexibility index (Phi) is 5.82. The van der Waals surface area contributed by atoms with Gasteiger partial charge in [0.15, 0.2) is 0 Å². The third kappa shape index (κ3) is 4.08. The van der Waals surface area contributed by atoms with Gasteiger partial charge in [0.2, 0.25) is 0 Å². The van der Waals surface area contributed by atoms with E-state index in [1.807, 2.05) is 12.5 Å². The average molecular weight is 352 g/mol. The number of ether oxygens (including phenoxy) is 1. The van der Waals surface area contributed by atoms with E-state index in [2.05, 4.69) is 63.7 Å². The second-order valence-corrected chi connectivity index (χ2v) is 5.87. The minimum atomic E-state index is 0.537. The first-order chi connectivity index (χ1) is 10.2. The van der Waals surface area contributed by atoms with Gasteiger partial charge in [-0.15, -0.1) is 0 Å². The SMILES string of the molecule is CCNCc1cc(Br)cc(C)c1OCc1cncn1CC. The lowest BCUT2D eigenvalue weighted by molar-refractivity contribution is 0.289. The highest BCUT2D eigenvalue weighted by molar-refractivity contribution is 9.10. The Balaban J connectivity index is 2.18. The highest BCUT2D eigenvalue weighted by Gasteiger charge is 2.10. The van der Waals surface area contributed by atoms with Gasteiger partial charge in [-0.3, -0.25) is 0 Å². The van der Waals surface area contributed by atoms with Crippen molar-refractivity contribution < 1.29 is 4.74 Å². The number of hydrogen-bond acceptors (Lipinski definition) is 3. The molecule has 4 nitrogen and oxygen atoms in total. The zero-order valence-electron chi connectivity index (χ0n) is 12.8. The normalized spacial score (nSPS) is 10.9. The predicted molar refractivity (Wildman–Crippen MR) is 88.5 cm³/mol. The van der Waals surface area contributed by atoms with Crippen LogP contribution in [0.15, 0.2) is 29.1 Å². The van der Waals surface area contributed by atoms with Crippen molar-refractivity contribution >= 4 is 15.9 Å². The Morgan fingerprint density at radius 2 is 2.14 bits per heavy atom. The molecule has 0 unspecified atom stereocenters. The molecule has 0 fully saturated rings. The van der Waals surface area contributed by atoms with Crippen LogP contribution in [-0.4, -0.2) is 16.1 Å². The number of halogens is 1. The van der Waals surface area contributed by atoms with E-state index in [0.29, 0.717) is 6.61 Å². The molecule has 0 aliphatic carbocycles. The smallest absolute Gasteiger partial charge is 0.130 e. The van der Waals surface area contributed by atoms with Gasteiger partial charge in [0, 0.05) is 23.1 Å². The van der Waals surface area contributed by atoms with Crippen LogP contribution in [0.5, 0.6) is 5.75 Å². The Hall–Kier alpha value is -1.33. The van der Waals surface area contributed by atoms with Gasteiger partial charge >= 0.3 is 0 Å². The Labute approximate surface area is 134 Å². The summed E-state index contributed by atoms with van der Waals surface area (Å²) in [5.41, 5.74) is 3.40. The summed E-state index contributed by atoms with van der Waals surface area (Å²) in [6.07, 6.45) is 3.70. The molecule has 1 heterocycles. The maximum Gasteiger partial charge on any atom is 0.130 e. The van der Waals surface area contributed by atoms with Crippen molar-refractivity contribution in [2.45, 2.75) is 40.5 Å². The molecule has 0 saturated carbocycles. The molecule has 0 aliphatic heterocycles. The van der Waals surface area contributed by atoms with E-state index in [4.69, 9.17) is 4.74 Å². The zero-order valence-corrected chi connectivity index (χ0v) is 14.4. The molecule has 0 saturated heterocycles. The molecule has 2 rings (SSSR count). The second-order valence-electron chi connectivity index (χ2n) is 4.95. The van der Waals surface area contributed by atoms with E-state index in [9.17, 15) is 0 Å². The van der Waals surface area contributed by atoms with Crippen LogP contribution in [0.4, 0.5) is 0 Å². The van der Waals surface area contributed by atoms with Crippen LogP contribution in [0, 0.1) is 6.92 Å². The minimum Gasteiger partial charge on any atom is -0.487 e. The summed E-state index contributed by atoms with van der Waals surface area (Å²) < 4.78 is 9.26. The monoisotopic (exact) mass is 351 g/mol. The topological polar surface area (TPSA) is 39.1 Å². The predicted octanol–water partition coefficient (Wildman–Crippen LogP) is 3.66. The molecule has 2 aromatic rings. The number of imidazole rings is 1. The van der Waals surface area contributed by atoms with Gasteiger partial charge in [-0.05, 0) is 38.1 Å². The van der Waals surface area contributed by atoms with Crippen molar-refractivity contribution in [1.82, 2.24) is 14.9 Å². The molecule has 1 aromatic heterocycles. The van der Waals surface area contributed by atoms with Crippen LogP contribution in [-0.2, 0) is 19.7 Å². The standard InChI is InChI=1S/C16H22BrN3O/c1-4-18-8-13-7-14(17)6-12(3)16(13)21-10-15-9-19-11-20(15)5-2/h6-7,9,11,18H,4-5,8,10H2,1-3H3. The van der Waals surface area contributed by atoms with Gasteiger partial charge in [-0.2, -0.15) is 0 Å². The summed E-state index contributed by atoms with van der Waals surface area (Å²) in [5.74, 6) is 0.961. The molecule has 1 N–H and O–H groups in total. The van der Waals surface area contributed by atoms with E-state index in [1.54, 1.807) is 0 Å². The largest absolute Gasteiger partial charge is 0.487 e. The third-order valence-electron chi connectivity index (χ3n) is 3.39. The van der Waals surface area contributed by atoms with Crippen LogP contribution in [0.1, 0.15) is 30.7 Å². The van der Waals surface area contributed by atoms with Crippen LogP contribution >= 0.6 is 15.9 Å². The Morgan fingerprint density at radius 1 is 1.33 bits per heavy atom. The van der Waals surface area contributed by atoms with Gasteiger partial charge in [0.25, 0.3) is 0 Å². The summed E-state index contributed by atoms with van der Waals surface area (Å²) in [7, 11) is 0. The maximum absolute atomic E-state index is 6.09. The van der Waals surface area contributed by atoms with Crippen LogP contribution in [0.2, 0.25) is 0 Å². The number of nitrogens with one attached hydrogen (secondary N) is 1. The van der Waals surface area contributed by atoms with Gasteiger partial charge in [-0.1, -0.05) is 22.9 Å². The first-order valence-electron chi connectivity index (χ1n) is 7.27. The molecule has 0 bridgehead atoms. The third-order valence-corrected chi connectivity index (χ3v) is 3.84. The second kappa shape index (κ2) is 7.61. The molecule has 0 aliphatic rings. The fourth-order valence-corrected chi connectivity index (χ4v) is 2.92. The summed E-state index contributed by atoms with van der Waals surface area (Å²) in [6, 6.07) is 4.20. The number of nitrogens with zero attached hydrogens (tertiary/aromatic N) is 2. The molecule has 114 valence electrons. The van der Waals surface area contributed by atoms with Crippen molar-refractivity contribution in [3.8, 4) is 5.75 Å². The van der Waals surface area contributed by atoms with E-state index in [0.717, 1.165) is 41.1 Å². The van der Waals surface area contributed by atoms with Gasteiger partial charge in [0.05, 0.1) is 18.2 Å². The molecule has 21 heavy (non-hydrogen) atoms. The van der Waals surface area contributed by atoms with Gasteiger partial charge in [-0.25, -0.2) is 4.98 Å². The van der Waals surface area contributed by atoms with Gasteiger partial charge < -0.3 is 14.6 Å². The maximum atomic E-state index is 6.09. The van der Waals surface area contributed by atoms with Crippen LogP contribution in [0.3, 0.4) is 0 Å². The van der Waals surface area contributed by atoms with Crippen molar-refractivity contribution in [3.05, 3.63) is 46.0 Å². The first-order valence-corrected chi connectivity index (χ1v) is 8.06. The highest BCUT2D eigenvalue weighted by atomic mass is 79.9. The van der Waals surface area contributed by atoms with Crippen molar-refractivity contribution in [3.63, 3.8) is 0 Å².